The zero-order valence-electron chi connectivity index (χ0n) is 12.2. The van der Waals surface area contributed by atoms with E-state index in [1.807, 2.05) is 37.0 Å². The van der Waals surface area contributed by atoms with Gasteiger partial charge in [-0.2, -0.15) is 5.10 Å². The predicted molar refractivity (Wildman–Crippen MR) is 79.9 cm³/mol. The van der Waals surface area contributed by atoms with Gasteiger partial charge in [-0.25, -0.2) is 0 Å². The number of aryl methyl sites for hydroxylation is 2. The fraction of sp³-hybridized carbons (Fsp3) is 0.357. The first-order chi connectivity index (χ1) is 10.0. The highest BCUT2D eigenvalue weighted by atomic mass is 35.5. The summed E-state index contributed by atoms with van der Waals surface area (Å²) in [4.78, 5) is 2.07. The van der Waals surface area contributed by atoms with E-state index in [2.05, 4.69) is 20.2 Å². The molecule has 2 heterocycles. The molecule has 0 aliphatic rings. The van der Waals surface area contributed by atoms with Crippen LogP contribution in [0.2, 0.25) is 5.02 Å². The lowest BCUT2D eigenvalue weighted by atomic mass is 10.2. The number of rotatable bonds is 4. The lowest BCUT2D eigenvalue weighted by molar-refractivity contribution is 0.276. The first kappa shape index (κ1) is 14.0. The zero-order chi connectivity index (χ0) is 15.0. The van der Waals surface area contributed by atoms with Crippen LogP contribution in [-0.4, -0.2) is 31.9 Å². The van der Waals surface area contributed by atoms with Crippen LogP contribution in [0.3, 0.4) is 0 Å². The quantitative estimate of drug-likeness (QED) is 0.741. The molecular formula is C14H16ClN5O. The van der Waals surface area contributed by atoms with E-state index in [0.29, 0.717) is 24.9 Å². The second kappa shape index (κ2) is 5.46. The number of nitrogens with zero attached hydrogens (tertiary/aromatic N) is 5. The van der Waals surface area contributed by atoms with Gasteiger partial charge in [-0.3, -0.25) is 9.58 Å². The van der Waals surface area contributed by atoms with Crippen molar-refractivity contribution in [1.82, 2.24) is 24.9 Å². The largest absolute Gasteiger partial charge is 0.424 e. The summed E-state index contributed by atoms with van der Waals surface area (Å²) in [6.07, 6.45) is 0. The van der Waals surface area contributed by atoms with Crippen LogP contribution < -0.4 is 0 Å². The maximum absolute atomic E-state index is 6.31. The van der Waals surface area contributed by atoms with Gasteiger partial charge in [0.05, 0.1) is 22.8 Å². The van der Waals surface area contributed by atoms with E-state index in [1.54, 1.807) is 6.92 Å². The maximum atomic E-state index is 6.31. The third-order valence-corrected chi connectivity index (χ3v) is 3.61. The van der Waals surface area contributed by atoms with Crippen LogP contribution in [0.15, 0.2) is 22.6 Å². The maximum Gasteiger partial charge on any atom is 0.230 e. The monoisotopic (exact) mass is 305 g/mol. The molecule has 3 aromatic rings. The molecule has 0 amide bonds. The lowest BCUT2D eigenvalue weighted by Crippen LogP contribution is -2.18. The van der Waals surface area contributed by atoms with E-state index < -0.39 is 0 Å². The SMILES string of the molecule is Cc1nnc(CN(C)Cc2nn(C)c3cccc(Cl)c23)o1. The molecule has 1 aromatic carbocycles. The standard InChI is InChI=1S/C14H16ClN5O/c1-9-16-17-13(21-9)8-19(2)7-11-14-10(15)5-4-6-12(14)20(3)18-11/h4-6H,7-8H2,1-3H3. The minimum Gasteiger partial charge on any atom is -0.424 e. The number of halogens is 1. The summed E-state index contributed by atoms with van der Waals surface area (Å²) in [6, 6.07) is 5.83. The van der Waals surface area contributed by atoms with Gasteiger partial charge < -0.3 is 4.42 Å². The molecule has 3 rings (SSSR count). The summed E-state index contributed by atoms with van der Waals surface area (Å²) < 4.78 is 7.24. The van der Waals surface area contributed by atoms with Crippen molar-refractivity contribution in [2.75, 3.05) is 7.05 Å². The molecule has 0 fully saturated rings. The van der Waals surface area contributed by atoms with Crippen molar-refractivity contribution in [1.29, 1.82) is 0 Å². The summed E-state index contributed by atoms with van der Waals surface area (Å²) in [6.45, 7) is 3.01. The fourth-order valence-electron chi connectivity index (χ4n) is 2.41. The predicted octanol–water partition coefficient (Wildman–Crippen LogP) is 2.55. The van der Waals surface area contributed by atoms with Gasteiger partial charge in [-0.15, -0.1) is 10.2 Å². The first-order valence-corrected chi connectivity index (χ1v) is 7.00. The molecule has 21 heavy (non-hydrogen) atoms. The summed E-state index contributed by atoms with van der Waals surface area (Å²) >= 11 is 6.31. The van der Waals surface area contributed by atoms with Gasteiger partial charge in [-0.1, -0.05) is 17.7 Å². The Kier molecular flexibility index (Phi) is 3.65. The molecule has 0 atom stereocenters. The molecule has 110 valence electrons. The molecule has 0 unspecified atom stereocenters. The van der Waals surface area contributed by atoms with Gasteiger partial charge in [0, 0.05) is 25.9 Å². The van der Waals surface area contributed by atoms with Gasteiger partial charge in [0.15, 0.2) is 0 Å². The highest BCUT2D eigenvalue weighted by Crippen LogP contribution is 2.27. The number of benzene rings is 1. The molecule has 0 aliphatic carbocycles. The molecule has 0 spiro atoms. The van der Waals surface area contributed by atoms with Crippen molar-refractivity contribution in [3.63, 3.8) is 0 Å². The Morgan fingerprint density at radius 1 is 1.29 bits per heavy atom. The Hall–Kier alpha value is -1.92. The van der Waals surface area contributed by atoms with Gasteiger partial charge >= 0.3 is 0 Å². The third-order valence-electron chi connectivity index (χ3n) is 3.29. The molecule has 0 saturated carbocycles. The number of hydrogen-bond acceptors (Lipinski definition) is 5. The van der Waals surface area contributed by atoms with Crippen LogP contribution in [0.4, 0.5) is 0 Å². The summed E-state index contributed by atoms with van der Waals surface area (Å²) in [5, 5.41) is 14.1. The lowest BCUT2D eigenvalue weighted by Gasteiger charge is -2.12. The summed E-state index contributed by atoms with van der Waals surface area (Å²) in [5.41, 5.74) is 1.97. The second-order valence-electron chi connectivity index (χ2n) is 5.09. The fourth-order valence-corrected chi connectivity index (χ4v) is 2.69. The van der Waals surface area contributed by atoms with E-state index in [9.17, 15) is 0 Å². The number of fused-ring (bicyclic) bond motifs is 1. The molecule has 0 aliphatic heterocycles. The topological polar surface area (TPSA) is 60.0 Å². The van der Waals surface area contributed by atoms with Crippen LogP contribution in [0.25, 0.3) is 10.9 Å². The summed E-state index contributed by atoms with van der Waals surface area (Å²) in [7, 11) is 3.90. The smallest absolute Gasteiger partial charge is 0.230 e. The Morgan fingerprint density at radius 3 is 2.81 bits per heavy atom. The molecule has 0 N–H and O–H groups in total. The minimum atomic E-state index is 0.573. The van der Waals surface area contributed by atoms with Crippen molar-refractivity contribution in [3.05, 3.63) is 40.7 Å². The van der Waals surface area contributed by atoms with E-state index in [4.69, 9.17) is 16.0 Å². The molecule has 0 radical (unpaired) electrons. The minimum absolute atomic E-state index is 0.573. The number of hydrogen-bond donors (Lipinski definition) is 0. The molecule has 2 aromatic heterocycles. The van der Waals surface area contributed by atoms with Gasteiger partial charge in [-0.05, 0) is 19.2 Å². The van der Waals surface area contributed by atoms with Crippen LogP contribution >= 0.6 is 11.6 Å². The van der Waals surface area contributed by atoms with Crippen molar-refractivity contribution < 1.29 is 4.42 Å². The molecule has 7 heteroatoms. The van der Waals surface area contributed by atoms with Gasteiger partial charge in [0.2, 0.25) is 11.8 Å². The van der Waals surface area contributed by atoms with Crippen molar-refractivity contribution in [2.45, 2.75) is 20.0 Å². The average molecular weight is 306 g/mol. The highest BCUT2D eigenvalue weighted by Gasteiger charge is 2.15. The van der Waals surface area contributed by atoms with Crippen LogP contribution in [-0.2, 0) is 20.1 Å². The second-order valence-corrected chi connectivity index (χ2v) is 5.50. The van der Waals surface area contributed by atoms with E-state index in [0.717, 1.165) is 21.6 Å². The normalized spacial score (nSPS) is 11.7. The van der Waals surface area contributed by atoms with Gasteiger partial charge in [0.25, 0.3) is 0 Å². The van der Waals surface area contributed by atoms with Gasteiger partial charge in [0.1, 0.15) is 0 Å². The molecular weight excluding hydrogens is 290 g/mol. The Balaban J connectivity index is 1.84. The van der Waals surface area contributed by atoms with E-state index in [1.165, 1.54) is 0 Å². The first-order valence-electron chi connectivity index (χ1n) is 6.62. The third kappa shape index (κ3) is 2.77. The average Bonchev–Trinajstić information content (AvgIpc) is 2.95. The van der Waals surface area contributed by atoms with Crippen molar-refractivity contribution in [2.24, 2.45) is 7.05 Å². The van der Waals surface area contributed by atoms with Crippen molar-refractivity contribution >= 4 is 22.5 Å². The highest BCUT2D eigenvalue weighted by molar-refractivity contribution is 6.35. The van der Waals surface area contributed by atoms with E-state index in [-0.39, 0.29) is 0 Å². The van der Waals surface area contributed by atoms with E-state index >= 15 is 0 Å². The molecule has 0 bridgehead atoms. The Bertz CT molecular complexity index is 779. The zero-order valence-corrected chi connectivity index (χ0v) is 12.9. The van der Waals surface area contributed by atoms with Crippen LogP contribution in [0.1, 0.15) is 17.5 Å². The van der Waals surface area contributed by atoms with Crippen molar-refractivity contribution in [3.8, 4) is 0 Å². The molecule has 6 nitrogen and oxygen atoms in total. The Labute approximate surface area is 127 Å². The van der Waals surface area contributed by atoms with Crippen LogP contribution in [0, 0.1) is 6.92 Å². The number of aromatic nitrogens is 4. The van der Waals surface area contributed by atoms with Crippen LogP contribution in [0.5, 0.6) is 0 Å². The Morgan fingerprint density at radius 2 is 2.10 bits per heavy atom. The summed E-state index contributed by atoms with van der Waals surface area (Å²) in [5.74, 6) is 1.17. The molecule has 0 saturated heterocycles.